The molecule has 2 aromatic rings. The van der Waals surface area contributed by atoms with Gasteiger partial charge in [-0.2, -0.15) is 0 Å². The number of benzene rings is 1. The molecule has 1 aromatic heterocycles. The summed E-state index contributed by atoms with van der Waals surface area (Å²) in [5.41, 5.74) is 1.41. The van der Waals surface area contributed by atoms with Crippen LogP contribution in [0.15, 0.2) is 41.2 Å². The second kappa shape index (κ2) is 5.69. The summed E-state index contributed by atoms with van der Waals surface area (Å²) in [6, 6.07) is 7.32. The summed E-state index contributed by atoms with van der Waals surface area (Å²) >= 11 is 0. The molecule has 1 aliphatic heterocycles. The molecular formula is C15H15NO4. The molecule has 1 aromatic carbocycles. The molecule has 0 bridgehead atoms. The summed E-state index contributed by atoms with van der Waals surface area (Å²) in [6.07, 6.45) is 3.75. The molecule has 2 heterocycles. The van der Waals surface area contributed by atoms with Gasteiger partial charge in [-0.1, -0.05) is 12.1 Å². The molecule has 0 aliphatic carbocycles. The van der Waals surface area contributed by atoms with Crippen molar-refractivity contribution in [1.29, 1.82) is 0 Å². The van der Waals surface area contributed by atoms with Gasteiger partial charge in [0, 0.05) is 18.5 Å². The quantitative estimate of drug-likeness (QED) is 0.932. The van der Waals surface area contributed by atoms with Gasteiger partial charge in [-0.05, 0) is 12.1 Å². The van der Waals surface area contributed by atoms with Gasteiger partial charge in [-0.3, -0.25) is 4.79 Å². The number of rotatable bonds is 3. The maximum absolute atomic E-state index is 11.9. The predicted molar refractivity (Wildman–Crippen MR) is 71.9 cm³/mol. The minimum absolute atomic E-state index is 0.175. The molecule has 0 radical (unpaired) electrons. The van der Waals surface area contributed by atoms with E-state index in [1.807, 2.05) is 18.2 Å². The molecule has 104 valence electrons. The number of furan rings is 1. The number of para-hydroxylation sites is 1. The van der Waals surface area contributed by atoms with Crippen LogP contribution in [0.2, 0.25) is 0 Å². The minimum Gasteiger partial charge on any atom is -0.490 e. The molecule has 0 fully saturated rings. The fraction of sp³-hybridized carbons (Fsp3) is 0.267. The first kappa shape index (κ1) is 12.6. The van der Waals surface area contributed by atoms with Crippen LogP contribution in [0.25, 0.3) is 0 Å². The molecule has 5 nitrogen and oxygen atoms in total. The van der Waals surface area contributed by atoms with Crippen LogP contribution in [0.5, 0.6) is 11.5 Å². The van der Waals surface area contributed by atoms with Gasteiger partial charge in [0.1, 0.15) is 6.26 Å². The molecular weight excluding hydrogens is 258 g/mol. The molecule has 1 aliphatic rings. The summed E-state index contributed by atoms with van der Waals surface area (Å²) in [6.45, 7) is 1.66. The van der Waals surface area contributed by atoms with Gasteiger partial charge >= 0.3 is 0 Å². The number of hydrogen-bond donors (Lipinski definition) is 1. The SMILES string of the molecule is O=C(NCc1cccc2c1OCCCO2)c1ccoc1. The monoisotopic (exact) mass is 273 g/mol. The third-order valence-electron chi connectivity index (χ3n) is 3.08. The highest BCUT2D eigenvalue weighted by molar-refractivity contribution is 5.93. The Morgan fingerprint density at radius 2 is 2.10 bits per heavy atom. The normalized spacial score (nSPS) is 13.6. The smallest absolute Gasteiger partial charge is 0.254 e. The highest BCUT2D eigenvalue weighted by Gasteiger charge is 2.15. The molecule has 1 amide bonds. The van der Waals surface area contributed by atoms with Crippen molar-refractivity contribution >= 4 is 5.91 Å². The van der Waals surface area contributed by atoms with Crippen LogP contribution >= 0.6 is 0 Å². The topological polar surface area (TPSA) is 60.7 Å². The number of amides is 1. The van der Waals surface area contributed by atoms with Gasteiger partial charge < -0.3 is 19.2 Å². The lowest BCUT2D eigenvalue weighted by atomic mass is 10.1. The predicted octanol–water partition coefficient (Wildman–Crippen LogP) is 2.37. The van der Waals surface area contributed by atoms with Gasteiger partial charge in [-0.25, -0.2) is 0 Å². The molecule has 0 unspecified atom stereocenters. The summed E-state index contributed by atoms with van der Waals surface area (Å²) in [7, 11) is 0. The van der Waals surface area contributed by atoms with Crippen molar-refractivity contribution in [3.05, 3.63) is 47.9 Å². The lowest BCUT2D eigenvalue weighted by molar-refractivity contribution is 0.0950. The first-order chi connectivity index (χ1) is 9.84. The third-order valence-corrected chi connectivity index (χ3v) is 3.08. The first-order valence-electron chi connectivity index (χ1n) is 6.52. The average Bonchev–Trinajstić information content (AvgIpc) is 2.90. The second-order valence-corrected chi connectivity index (χ2v) is 4.49. The average molecular weight is 273 g/mol. The summed E-state index contributed by atoms with van der Waals surface area (Å²) < 4.78 is 16.2. The van der Waals surface area contributed by atoms with Crippen molar-refractivity contribution in [3.8, 4) is 11.5 Å². The first-order valence-corrected chi connectivity index (χ1v) is 6.52. The Morgan fingerprint density at radius 1 is 1.20 bits per heavy atom. The fourth-order valence-corrected chi connectivity index (χ4v) is 2.06. The van der Waals surface area contributed by atoms with Crippen molar-refractivity contribution in [2.24, 2.45) is 0 Å². The largest absolute Gasteiger partial charge is 0.490 e. The Balaban J connectivity index is 1.73. The van der Waals surface area contributed by atoms with E-state index in [0.29, 0.717) is 25.3 Å². The maximum atomic E-state index is 11.9. The summed E-state index contributed by atoms with van der Waals surface area (Å²) in [5.74, 6) is 1.28. The van der Waals surface area contributed by atoms with E-state index in [-0.39, 0.29) is 5.91 Å². The van der Waals surface area contributed by atoms with Gasteiger partial charge in [-0.15, -0.1) is 0 Å². The fourth-order valence-electron chi connectivity index (χ4n) is 2.06. The van der Waals surface area contributed by atoms with Crippen LogP contribution in [0.1, 0.15) is 22.3 Å². The summed E-state index contributed by atoms with van der Waals surface area (Å²) in [4.78, 5) is 11.9. The zero-order valence-electron chi connectivity index (χ0n) is 10.9. The molecule has 3 rings (SSSR count). The van der Waals surface area contributed by atoms with E-state index in [4.69, 9.17) is 13.9 Å². The molecule has 0 saturated heterocycles. The number of carbonyl (C=O) groups is 1. The van der Waals surface area contributed by atoms with Crippen molar-refractivity contribution in [2.45, 2.75) is 13.0 Å². The van der Waals surface area contributed by atoms with Crippen LogP contribution in [0, 0.1) is 0 Å². The lowest BCUT2D eigenvalue weighted by Gasteiger charge is -2.12. The second-order valence-electron chi connectivity index (χ2n) is 4.49. The van der Waals surface area contributed by atoms with Crippen molar-refractivity contribution < 1.29 is 18.7 Å². The zero-order chi connectivity index (χ0) is 13.8. The van der Waals surface area contributed by atoms with Crippen molar-refractivity contribution in [1.82, 2.24) is 5.32 Å². The Hall–Kier alpha value is -2.43. The standard InChI is InChI=1S/C15H15NO4/c17-15(12-5-8-18-10-12)16-9-11-3-1-4-13-14(11)20-7-2-6-19-13/h1,3-5,8,10H,2,6-7,9H2,(H,16,17). The van der Waals surface area contributed by atoms with Crippen molar-refractivity contribution in [2.75, 3.05) is 13.2 Å². The van der Waals surface area contributed by atoms with E-state index in [9.17, 15) is 4.79 Å². The van der Waals surface area contributed by atoms with Crippen LogP contribution in [0.4, 0.5) is 0 Å². The van der Waals surface area contributed by atoms with E-state index in [0.717, 1.165) is 23.5 Å². The number of nitrogens with one attached hydrogen (secondary N) is 1. The van der Waals surface area contributed by atoms with Crippen LogP contribution in [-0.4, -0.2) is 19.1 Å². The Labute approximate surface area is 116 Å². The van der Waals surface area contributed by atoms with Gasteiger partial charge in [0.2, 0.25) is 0 Å². The number of ether oxygens (including phenoxy) is 2. The van der Waals surface area contributed by atoms with Crippen LogP contribution in [0.3, 0.4) is 0 Å². The number of hydrogen-bond acceptors (Lipinski definition) is 4. The minimum atomic E-state index is -0.175. The van der Waals surface area contributed by atoms with Crippen LogP contribution in [-0.2, 0) is 6.54 Å². The molecule has 0 spiro atoms. The lowest BCUT2D eigenvalue weighted by Crippen LogP contribution is -2.22. The maximum Gasteiger partial charge on any atom is 0.254 e. The molecule has 0 atom stereocenters. The van der Waals surface area contributed by atoms with E-state index in [2.05, 4.69) is 5.32 Å². The highest BCUT2D eigenvalue weighted by atomic mass is 16.5. The van der Waals surface area contributed by atoms with Crippen molar-refractivity contribution in [3.63, 3.8) is 0 Å². The molecule has 5 heteroatoms. The Kier molecular flexibility index (Phi) is 3.58. The van der Waals surface area contributed by atoms with Crippen LogP contribution < -0.4 is 14.8 Å². The van der Waals surface area contributed by atoms with E-state index >= 15 is 0 Å². The van der Waals surface area contributed by atoms with Gasteiger partial charge in [0.05, 0.1) is 25.0 Å². The number of fused-ring (bicyclic) bond motifs is 1. The third kappa shape index (κ3) is 2.61. The van der Waals surface area contributed by atoms with E-state index in [1.165, 1.54) is 12.5 Å². The highest BCUT2D eigenvalue weighted by Crippen LogP contribution is 2.33. The molecule has 0 saturated carbocycles. The number of carbonyl (C=O) groups excluding carboxylic acids is 1. The Bertz CT molecular complexity index is 592. The zero-order valence-corrected chi connectivity index (χ0v) is 10.9. The van der Waals surface area contributed by atoms with Gasteiger partial charge in [0.15, 0.2) is 11.5 Å². The molecule has 1 N–H and O–H groups in total. The van der Waals surface area contributed by atoms with Gasteiger partial charge in [0.25, 0.3) is 5.91 Å². The van der Waals surface area contributed by atoms with E-state index < -0.39 is 0 Å². The molecule has 20 heavy (non-hydrogen) atoms. The summed E-state index contributed by atoms with van der Waals surface area (Å²) in [5, 5.41) is 2.84. The van der Waals surface area contributed by atoms with E-state index in [1.54, 1.807) is 6.07 Å². The Morgan fingerprint density at radius 3 is 2.95 bits per heavy atom.